The van der Waals surface area contributed by atoms with E-state index in [0.29, 0.717) is 18.0 Å². The van der Waals surface area contributed by atoms with Gasteiger partial charge in [0.25, 0.3) is 0 Å². The molecule has 0 N–H and O–H groups in total. The van der Waals surface area contributed by atoms with Gasteiger partial charge in [-0.05, 0) is 29.8 Å². The van der Waals surface area contributed by atoms with E-state index in [1.807, 2.05) is 36.2 Å². The van der Waals surface area contributed by atoms with Gasteiger partial charge < -0.3 is 4.90 Å². The van der Waals surface area contributed by atoms with Gasteiger partial charge in [-0.15, -0.1) is 0 Å². The summed E-state index contributed by atoms with van der Waals surface area (Å²) in [5.41, 5.74) is 1.54. The molecule has 3 aromatic heterocycles. The van der Waals surface area contributed by atoms with Gasteiger partial charge in [-0.2, -0.15) is 9.78 Å². The number of nitrogens with zero attached hydrogens (tertiary/aromatic N) is 6. The third kappa shape index (κ3) is 2.91. The number of hydrogen-bond donors (Lipinski definition) is 0. The Balaban J connectivity index is 1.72. The van der Waals surface area contributed by atoms with Crippen LogP contribution in [0.1, 0.15) is 5.56 Å². The van der Waals surface area contributed by atoms with Crippen LogP contribution in [0.25, 0.3) is 16.9 Å². The van der Waals surface area contributed by atoms with Gasteiger partial charge in [0.15, 0.2) is 11.5 Å². The molecule has 0 radical (unpaired) electrons. The zero-order chi connectivity index (χ0) is 17.2. The number of anilines is 1. The van der Waals surface area contributed by atoms with Crippen molar-refractivity contribution in [3.8, 4) is 5.82 Å². The first-order valence-corrected chi connectivity index (χ1v) is 7.78. The first kappa shape index (κ1) is 15.2. The second-order valence-electron chi connectivity index (χ2n) is 5.66. The van der Waals surface area contributed by atoms with Gasteiger partial charge in [0.1, 0.15) is 18.0 Å². The van der Waals surface area contributed by atoms with Crippen LogP contribution in [0.4, 0.5) is 10.2 Å². The van der Waals surface area contributed by atoms with Gasteiger partial charge in [0.05, 0.1) is 11.6 Å². The average Bonchev–Trinajstić information content (AvgIpc) is 3.06. The first-order chi connectivity index (χ1) is 12.2. The van der Waals surface area contributed by atoms with Gasteiger partial charge in [-0.1, -0.05) is 18.2 Å². The number of rotatable bonds is 4. The van der Waals surface area contributed by atoms with Crippen LogP contribution in [-0.2, 0) is 6.54 Å². The Morgan fingerprint density at radius 1 is 1.08 bits per heavy atom. The highest BCUT2D eigenvalue weighted by Gasteiger charge is 2.14. The van der Waals surface area contributed by atoms with E-state index in [4.69, 9.17) is 0 Å². The summed E-state index contributed by atoms with van der Waals surface area (Å²) in [6.07, 6.45) is 4.93. The highest BCUT2D eigenvalue weighted by atomic mass is 19.1. The molecule has 0 aliphatic heterocycles. The smallest absolute Gasteiger partial charge is 0.170 e. The number of fused-ring (bicyclic) bond motifs is 1. The average molecular weight is 334 g/mol. The SMILES string of the molecule is CN(Cc1cccc(F)c1)c1ncnc2c1cnn2-c1ccccn1. The van der Waals surface area contributed by atoms with Crippen LogP contribution in [0, 0.1) is 5.82 Å². The number of hydrogen-bond acceptors (Lipinski definition) is 5. The molecule has 0 aliphatic rings. The van der Waals surface area contributed by atoms with Crippen LogP contribution in [0.15, 0.2) is 61.2 Å². The Kier molecular flexibility index (Phi) is 3.81. The Bertz CT molecular complexity index is 1010. The minimum absolute atomic E-state index is 0.248. The fourth-order valence-electron chi connectivity index (χ4n) is 2.77. The Hall–Kier alpha value is -3.35. The maximum absolute atomic E-state index is 13.4. The predicted octanol–water partition coefficient (Wildman–Crippen LogP) is 2.99. The van der Waals surface area contributed by atoms with Crippen molar-refractivity contribution in [3.05, 3.63) is 72.6 Å². The lowest BCUT2D eigenvalue weighted by Gasteiger charge is -2.18. The number of pyridine rings is 1. The molecule has 7 heteroatoms. The lowest BCUT2D eigenvalue weighted by Crippen LogP contribution is -2.18. The highest BCUT2D eigenvalue weighted by molar-refractivity contribution is 5.87. The normalized spacial score (nSPS) is 11.0. The van der Waals surface area contributed by atoms with Crippen molar-refractivity contribution >= 4 is 16.9 Å². The Labute approximate surface area is 143 Å². The van der Waals surface area contributed by atoms with E-state index >= 15 is 0 Å². The third-order valence-corrected chi connectivity index (χ3v) is 3.88. The Morgan fingerprint density at radius 2 is 2.00 bits per heavy atom. The summed E-state index contributed by atoms with van der Waals surface area (Å²) in [6.45, 7) is 0.526. The van der Waals surface area contributed by atoms with Crippen molar-refractivity contribution in [1.29, 1.82) is 0 Å². The van der Waals surface area contributed by atoms with E-state index in [2.05, 4.69) is 20.1 Å². The van der Waals surface area contributed by atoms with Gasteiger partial charge >= 0.3 is 0 Å². The lowest BCUT2D eigenvalue weighted by molar-refractivity contribution is 0.625. The summed E-state index contributed by atoms with van der Waals surface area (Å²) in [7, 11) is 1.91. The topological polar surface area (TPSA) is 59.7 Å². The summed E-state index contributed by atoms with van der Waals surface area (Å²) in [4.78, 5) is 15.0. The second-order valence-corrected chi connectivity index (χ2v) is 5.66. The molecular weight excluding hydrogens is 319 g/mol. The maximum atomic E-state index is 13.4. The van der Waals surface area contributed by atoms with Crippen LogP contribution in [0.2, 0.25) is 0 Å². The molecule has 25 heavy (non-hydrogen) atoms. The first-order valence-electron chi connectivity index (χ1n) is 7.78. The van der Waals surface area contributed by atoms with Crippen LogP contribution in [0.5, 0.6) is 0 Å². The van der Waals surface area contributed by atoms with E-state index in [1.165, 1.54) is 18.5 Å². The third-order valence-electron chi connectivity index (χ3n) is 3.88. The lowest BCUT2D eigenvalue weighted by atomic mass is 10.2. The van der Waals surface area contributed by atoms with Crippen molar-refractivity contribution in [3.63, 3.8) is 0 Å². The molecule has 0 unspecified atom stereocenters. The second kappa shape index (κ2) is 6.27. The monoisotopic (exact) mass is 334 g/mol. The molecule has 0 spiro atoms. The molecule has 4 aromatic rings. The summed E-state index contributed by atoms with van der Waals surface area (Å²) >= 11 is 0. The molecule has 0 aliphatic carbocycles. The van der Waals surface area contributed by atoms with Crippen molar-refractivity contribution < 1.29 is 4.39 Å². The van der Waals surface area contributed by atoms with E-state index in [9.17, 15) is 4.39 Å². The standard InChI is InChI=1S/C18H15FN6/c1-24(11-13-5-4-6-14(19)9-13)17-15-10-23-25(18(15)22-12-21-17)16-7-2-3-8-20-16/h2-10,12H,11H2,1H3. The summed E-state index contributed by atoms with van der Waals surface area (Å²) in [6, 6.07) is 12.2. The largest absolute Gasteiger partial charge is 0.355 e. The molecule has 3 heterocycles. The molecule has 0 bridgehead atoms. The zero-order valence-corrected chi connectivity index (χ0v) is 13.5. The fraction of sp³-hybridized carbons (Fsp3) is 0.111. The van der Waals surface area contributed by atoms with Gasteiger partial charge in [0, 0.05) is 19.8 Å². The fourth-order valence-corrected chi connectivity index (χ4v) is 2.77. The van der Waals surface area contributed by atoms with Crippen LogP contribution >= 0.6 is 0 Å². The van der Waals surface area contributed by atoms with Crippen molar-refractivity contribution in [1.82, 2.24) is 24.7 Å². The van der Waals surface area contributed by atoms with Gasteiger partial charge in [-0.25, -0.2) is 19.3 Å². The number of aromatic nitrogens is 5. The van der Waals surface area contributed by atoms with E-state index in [1.54, 1.807) is 23.1 Å². The molecule has 6 nitrogen and oxygen atoms in total. The molecule has 4 rings (SSSR count). The predicted molar refractivity (Wildman–Crippen MR) is 93.0 cm³/mol. The molecule has 1 aromatic carbocycles. The summed E-state index contributed by atoms with van der Waals surface area (Å²) in [5, 5.41) is 5.21. The van der Waals surface area contributed by atoms with Crippen LogP contribution in [0.3, 0.4) is 0 Å². The molecule has 0 amide bonds. The van der Waals surface area contributed by atoms with Crippen molar-refractivity contribution in [2.45, 2.75) is 6.54 Å². The van der Waals surface area contributed by atoms with Crippen LogP contribution in [-0.4, -0.2) is 31.8 Å². The summed E-state index contributed by atoms with van der Waals surface area (Å²) in [5.74, 6) is 1.17. The van der Waals surface area contributed by atoms with E-state index < -0.39 is 0 Å². The molecule has 0 atom stereocenters. The minimum atomic E-state index is -0.248. The maximum Gasteiger partial charge on any atom is 0.170 e. The molecule has 0 saturated carbocycles. The van der Waals surface area contributed by atoms with Gasteiger partial charge in [0.2, 0.25) is 0 Å². The molecular formula is C18H15FN6. The zero-order valence-electron chi connectivity index (χ0n) is 13.5. The van der Waals surface area contributed by atoms with Crippen molar-refractivity contribution in [2.75, 3.05) is 11.9 Å². The minimum Gasteiger partial charge on any atom is -0.355 e. The van der Waals surface area contributed by atoms with Crippen LogP contribution < -0.4 is 4.90 Å². The quantitative estimate of drug-likeness (QED) is 0.574. The summed E-state index contributed by atoms with van der Waals surface area (Å²) < 4.78 is 15.1. The van der Waals surface area contributed by atoms with E-state index in [0.717, 1.165) is 16.8 Å². The van der Waals surface area contributed by atoms with Crippen molar-refractivity contribution in [2.24, 2.45) is 0 Å². The molecule has 0 saturated heterocycles. The van der Waals surface area contributed by atoms with Gasteiger partial charge in [-0.3, -0.25) is 0 Å². The van der Waals surface area contributed by atoms with E-state index in [-0.39, 0.29) is 5.82 Å². The number of benzene rings is 1. The molecule has 124 valence electrons. The number of halogens is 1. The Morgan fingerprint density at radius 3 is 2.80 bits per heavy atom. The molecule has 0 fully saturated rings. The highest BCUT2D eigenvalue weighted by Crippen LogP contribution is 2.24.